The van der Waals surface area contributed by atoms with E-state index in [0.29, 0.717) is 38.8 Å². The minimum atomic E-state index is -0.252. The van der Waals surface area contributed by atoms with Gasteiger partial charge in [0.1, 0.15) is 5.75 Å². The molecule has 1 aromatic heterocycles. The number of benzene rings is 2. The molecule has 0 radical (unpaired) electrons. The zero-order valence-electron chi connectivity index (χ0n) is 13.9. The van der Waals surface area contributed by atoms with Crippen LogP contribution in [0.25, 0.3) is 10.9 Å². The van der Waals surface area contributed by atoms with E-state index in [1.165, 1.54) is 0 Å². The zero-order chi connectivity index (χ0) is 18.4. The molecule has 0 saturated carbocycles. The van der Waals surface area contributed by atoms with Gasteiger partial charge in [-0.3, -0.25) is 9.59 Å². The van der Waals surface area contributed by atoms with Crippen LogP contribution in [-0.4, -0.2) is 17.9 Å². The number of ether oxygens (including phenoxy) is 1. The Bertz CT molecular complexity index is 1100. The molecule has 0 fully saturated rings. The molecule has 132 valence electrons. The van der Waals surface area contributed by atoms with Crippen molar-refractivity contribution in [3.63, 3.8) is 0 Å². The van der Waals surface area contributed by atoms with Crippen molar-refractivity contribution >= 4 is 39.9 Å². The molecule has 0 saturated heterocycles. The number of pyridine rings is 1. The van der Waals surface area contributed by atoms with Crippen LogP contribution in [0.5, 0.6) is 5.75 Å². The number of fused-ring (bicyclic) bond motifs is 2. The minimum Gasteiger partial charge on any atom is -0.495 e. The lowest BCUT2D eigenvalue weighted by Crippen LogP contribution is -2.27. The Labute approximate surface area is 159 Å². The van der Waals surface area contributed by atoms with Crippen molar-refractivity contribution < 1.29 is 9.53 Å². The van der Waals surface area contributed by atoms with Crippen LogP contribution >= 0.6 is 23.2 Å². The molecule has 0 spiro atoms. The summed E-state index contributed by atoms with van der Waals surface area (Å²) in [7, 11) is 1.55. The van der Waals surface area contributed by atoms with Crippen LogP contribution in [0.2, 0.25) is 10.0 Å². The largest absolute Gasteiger partial charge is 0.495 e. The van der Waals surface area contributed by atoms with Crippen LogP contribution < -0.4 is 10.2 Å². The lowest BCUT2D eigenvalue weighted by Gasteiger charge is -2.25. The van der Waals surface area contributed by atoms with Gasteiger partial charge in [0.2, 0.25) is 5.43 Å². The number of aromatic amines is 1. The Balaban J connectivity index is 1.88. The van der Waals surface area contributed by atoms with Crippen molar-refractivity contribution in [3.8, 4) is 5.75 Å². The highest BCUT2D eigenvalue weighted by molar-refractivity contribution is 6.35. The second-order valence-corrected chi connectivity index (χ2v) is 7.23. The lowest BCUT2D eigenvalue weighted by atomic mass is 9.81. The molecule has 26 heavy (non-hydrogen) atoms. The van der Waals surface area contributed by atoms with Crippen molar-refractivity contribution in [1.29, 1.82) is 0 Å². The van der Waals surface area contributed by atoms with Gasteiger partial charge in [-0.15, -0.1) is 0 Å². The number of para-hydroxylation sites is 1. The Kier molecular flexibility index (Phi) is 4.25. The molecular weight excluding hydrogens is 373 g/mol. The number of hydrogen-bond donors (Lipinski definition) is 1. The molecule has 0 aliphatic heterocycles. The second kappa shape index (κ2) is 6.45. The first-order valence-corrected chi connectivity index (χ1v) is 8.95. The maximum absolute atomic E-state index is 12.9. The van der Waals surface area contributed by atoms with Gasteiger partial charge in [0, 0.05) is 22.2 Å². The number of rotatable bonds is 2. The number of nitrogens with one attached hydrogen (secondary N) is 1. The molecule has 1 aliphatic carbocycles. The van der Waals surface area contributed by atoms with Crippen molar-refractivity contribution in [1.82, 2.24) is 4.98 Å². The molecule has 0 bridgehead atoms. The number of Topliss-reactive ketones (excluding diaryl/α,β-unsaturated/α-hetero) is 1. The number of methoxy groups -OCH3 is 1. The maximum Gasteiger partial charge on any atom is 0.200 e. The van der Waals surface area contributed by atoms with Crippen LogP contribution in [0.15, 0.2) is 41.2 Å². The zero-order valence-corrected chi connectivity index (χ0v) is 15.4. The molecule has 1 unspecified atom stereocenters. The SMILES string of the molecule is COc1cccc2c(=O)c3c([nH]c12)CC(c1ccc(Cl)cc1Cl)CC3=O. The van der Waals surface area contributed by atoms with Gasteiger partial charge in [0.15, 0.2) is 5.78 Å². The molecule has 1 atom stereocenters. The summed E-state index contributed by atoms with van der Waals surface area (Å²) in [5, 5.41) is 1.53. The number of H-pyrrole nitrogens is 1. The summed E-state index contributed by atoms with van der Waals surface area (Å²) in [6.45, 7) is 0. The number of ketones is 1. The molecular formula is C20H15Cl2NO3. The molecule has 2 aromatic carbocycles. The van der Waals surface area contributed by atoms with E-state index in [1.54, 1.807) is 37.4 Å². The third kappa shape index (κ3) is 2.70. The topological polar surface area (TPSA) is 59.2 Å². The van der Waals surface area contributed by atoms with Gasteiger partial charge in [-0.25, -0.2) is 0 Å². The molecule has 4 nitrogen and oxygen atoms in total. The number of hydrogen-bond acceptors (Lipinski definition) is 3. The van der Waals surface area contributed by atoms with Crippen molar-refractivity contribution in [2.75, 3.05) is 7.11 Å². The van der Waals surface area contributed by atoms with Gasteiger partial charge in [0.25, 0.3) is 0 Å². The summed E-state index contributed by atoms with van der Waals surface area (Å²) < 4.78 is 5.35. The number of halogens is 2. The summed E-state index contributed by atoms with van der Waals surface area (Å²) in [6.07, 6.45) is 0.762. The highest BCUT2D eigenvalue weighted by atomic mass is 35.5. The Morgan fingerprint density at radius 1 is 1.12 bits per heavy atom. The van der Waals surface area contributed by atoms with Crippen LogP contribution in [0.1, 0.15) is 34.0 Å². The molecule has 0 amide bonds. The Morgan fingerprint density at radius 3 is 2.65 bits per heavy atom. The molecule has 6 heteroatoms. The first-order valence-electron chi connectivity index (χ1n) is 8.19. The van der Waals surface area contributed by atoms with E-state index >= 15 is 0 Å². The molecule has 3 aromatic rings. The van der Waals surface area contributed by atoms with Crippen LogP contribution in [0.3, 0.4) is 0 Å². The Hall–Kier alpha value is -2.30. The number of carbonyl (C=O) groups is 1. The third-order valence-electron chi connectivity index (χ3n) is 4.86. The lowest BCUT2D eigenvalue weighted by molar-refractivity contribution is 0.0962. The van der Waals surface area contributed by atoms with E-state index in [9.17, 15) is 9.59 Å². The molecule has 1 N–H and O–H groups in total. The van der Waals surface area contributed by atoms with E-state index < -0.39 is 0 Å². The van der Waals surface area contributed by atoms with E-state index in [2.05, 4.69) is 4.98 Å². The predicted octanol–water partition coefficient (Wildman–Crippen LogP) is 4.76. The summed E-state index contributed by atoms with van der Waals surface area (Å²) in [6, 6.07) is 10.5. The second-order valence-electron chi connectivity index (χ2n) is 6.38. The van der Waals surface area contributed by atoms with Gasteiger partial charge in [-0.2, -0.15) is 0 Å². The van der Waals surface area contributed by atoms with Gasteiger partial charge >= 0.3 is 0 Å². The highest BCUT2D eigenvalue weighted by Crippen LogP contribution is 2.36. The van der Waals surface area contributed by atoms with Crippen LogP contribution in [0, 0.1) is 0 Å². The van der Waals surface area contributed by atoms with Gasteiger partial charge in [0.05, 0.1) is 23.6 Å². The first kappa shape index (κ1) is 17.1. The van der Waals surface area contributed by atoms with Gasteiger partial charge in [-0.05, 0) is 42.2 Å². The average Bonchev–Trinajstić information content (AvgIpc) is 2.61. The summed E-state index contributed by atoms with van der Waals surface area (Å²) in [5.74, 6) is 0.289. The first-order chi connectivity index (χ1) is 12.5. The normalized spacial score (nSPS) is 16.6. The van der Waals surface area contributed by atoms with Crippen LogP contribution in [0.4, 0.5) is 0 Å². The van der Waals surface area contributed by atoms with E-state index in [1.807, 2.05) is 6.07 Å². The monoisotopic (exact) mass is 387 g/mol. The average molecular weight is 388 g/mol. The number of carbonyl (C=O) groups excluding carboxylic acids is 1. The van der Waals surface area contributed by atoms with Crippen LogP contribution in [-0.2, 0) is 6.42 Å². The van der Waals surface area contributed by atoms with E-state index in [0.717, 1.165) is 5.56 Å². The highest BCUT2D eigenvalue weighted by Gasteiger charge is 2.31. The fourth-order valence-corrected chi connectivity index (χ4v) is 4.21. The van der Waals surface area contributed by atoms with Crippen molar-refractivity contribution in [2.24, 2.45) is 0 Å². The Morgan fingerprint density at radius 2 is 1.92 bits per heavy atom. The third-order valence-corrected chi connectivity index (χ3v) is 5.42. The molecule has 4 rings (SSSR count). The van der Waals surface area contributed by atoms with Crippen molar-refractivity contribution in [2.45, 2.75) is 18.8 Å². The standard InChI is InChI=1S/C20H15Cl2NO3/c1-26-17-4-2-3-13-19(17)23-15-7-10(8-16(24)18(15)20(13)25)12-6-5-11(21)9-14(12)22/h2-6,9-10H,7-8H2,1H3,(H,23,25). The van der Waals surface area contributed by atoms with Crippen molar-refractivity contribution in [3.05, 3.63) is 73.5 Å². The minimum absolute atomic E-state index is 0.109. The predicted molar refractivity (Wildman–Crippen MR) is 103 cm³/mol. The van der Waals surface area contributed by atoms with E-state index in [4.69, 9.17) is 27.9 Å². The summed E-state index contributed by atoms with van der Waals surface area (Å²) >= 11 is 12.3. The fourth-order valence-electron chi connectivity index (χ4n) is 3.65. The van der Waals surface area contributed by atoms with Gasteiger partial charge in [-0.1, -0.05) is 35.3 Å². The van der Waals surface area contributed by atoms with Gasteiger partial charge < -0.3 is 9.72 Å². The van der Waals surface area contributed by atoms with E-state index in [-0.39, 0.29) is 29.1 Å². The number of aromatic nitrogens is 1. The smallest absolute Gasteiger partial charge is 0.200 e. The molecule has 1 aliphatic rings. The molecule has 1 heterocycles. The summed E-state index contributed by atoms with van der Waals surface area (Å²) in [5.41, 5.74) is 2.08. The maximum atomic E-state index is 12.9. The fraction of sp³-hybridized carbons (Fsp3) is 0.200. The summed E-state index contributed by atoms with van der Waals surface area (Å²) in [4.78, 5) is 28.9. The quantitative estimate of drug-likeness (QED) is 0.689.